The van der Waals surface area contributed by atoms with Crippen LogP contribution in [0, 0.1) is 0 Å². The fourth-order valence-corrected chi connectivity index (χ4v) is 3.66. The Balaban J connectivity index is 1.97. The Morgan fingerprint density at radius 2 is 2.21 bits per heavy atom. The van der Waals surface area contributed by atoms with Crippen molar-refractivity contribution in [3.63, 3.8) is 0 Å². The van der Waals surface area contributed by atoms with Crippen molar-refractivity contribution in [2.24, 2.45) is 0 Å². The first-order valence-electron chi connectivity index (χ1n) is 7.89. The maximum absolute atomic E-state index is 10.8. The summed E-state index contributed by atoms with van der Waals surface area (Å²) in [5.41, 5.74) is 3.11. The lowest BCUT2D eigenvalue weighted by molar-refractivity contribution is -0.136. The van der Waals surface area contributed by atoms with Gasteiger partial charge in [0.2, 0.25) is 0 Å². The highest BCUT2D eigenvalue weighted by Crippen LogP contribution is 2.33. The molecule has 0 saturated carbocycles. The zero-order chi connectivity index (χ0) is 17.3. The molecule has 0 saturated heterocycles. The monoisotopic (exact) mass is 344 g/mol. The van der Waals surface area contributed by atoms with Gasteiger partial charge in [-0.15, -0.1) is 11.3 Å². The van der Waals surface area contributed by atoms with Gasteiger partial charge < -0.3 is 9.84 Å². The van der Waals surface area contributed by atoms with E-state index in [2.05, 4.69) is 24.9 Å². The van der Waals surface area contributed by atoms with Crippen LogP contribution in [0.5, 0.6) is 5.75 Å². The van der Waals surface area contributed by atoms with Crippen LogP contribution in [0.3, 0.4) is 0 Å². The van der Waals surface area contributed by atoms with Crippen molar-refractivity contribution < 1.29 is 14.6 Å². The van der Waals surface area contributed by atoms with Gasteiger partial charge in [0.1, 0.15) is 5.75 Å². The largest absolute Gasteiger partial charge is 0.496 e. The van der Waals surface area contributed by atoms with E-state index in [1.165, 1.54) is 16.9 Å². The molecule has 126 valence electrons. The Morgan fingerprint density at radius 3 is 2.83 bits per heavy atom. The Bertz CT molecular complexity index is 850. The summed E-state index contributed by atoms with van der Waals surface area (Å²) in [6, 6.07) is 6.13. The van der Waals surface area contributed by atoms with Crippen LogP contribution in [0.15, 0.2) is 30.6 Å². The minimum absolute atomic E-state index is 0.0318. The van der Waals surface area contributed by atoms with Crippen molar-refractivity contribution in [2.75, 3.05) is 7.11 Å². The molecule has 3 rings (SSSR count). The third-order valence-electron chi connectivity index (χ3n) is 4.20. The molecule has 1 N–H and O–H groups in total. The van der Waals surface area contributed by atoms with Crippen LogP contribution in [0.4, 0.5) is 0 Å². The standard InChI is InChI=1S/C18H20N2O3S/c1-4-11(2)14-7-12(5-6-16(14)23-3)15-10-20-9-13(8-17(21)22)24-18(20)19-15/h5-7,9-11H,4,8H2,1-3H3,(H,21,22). The number of methoxy groups -OCH3 is 1. The van der Waals surface area contributed by atoms with Crippen molar-refractivity contribution in [1.29, 1.82) is 0 Å². The zero-order valence-electron chi connectivity index (χ0n) is 13.9. The van der Waals surface area contributed by atoms with E-state index in [1.807, 2.05) is 28.9 Å². The Hall–Kier alpha value is -2.34. The number of aromatic nitrogens is 2. The lowest BCUT2D eigenvalue weighted by Gasteiger charge is -2.15. The molecule has 2 heterocycles. The topological polar surface area (TPSA) is 63.8 Å². The first kappa shape index (κ1) is 16.5. The maximum atomic E-state index is 10.8. The number of thiazole rings is 1. The predicted molar refractivity (Wildman–Crippen MR) is 95.1 cm³/mol. The van der Waals surface area contributed by atoms with Crippen LogP contribution >= 0.6 is 11.3 Å². The summed E-state index contributed by atoms with van der Waals surface area (Å²) < 4.78 is 7.37. The first-order chi connectivity index (χ1) is 11.5. The minimum Gasteiger partial charge on any atom is -0.496 e. The van der Waals surface area contributed by atoms with Gasteiger partial charge in [0.15, 0.2) is 4.96 Å². The van der Waals surface area contributed by atoms with E-state index in [1.54, 1.807) is 7.11 Å². The van der Waals surface area contributed by atoms with Gasteiger partial charge in [0, 0.05) is 22.8 Å². The molecule has 24 heavy (non-hydrogen) atoms. The molecular formula is C18H20N2O3S. The fourth-order valence-electron chi connectivity index (χ4n) is 2.71. The van der Waals surface area contributed by atoms with Crippen LogP contribution in [0.25, 0.3) is 16.2 Å². The lowest BCUT2D eigenvalue weighted by Crippen LogP contribution is -1.97. The summed E-state index contributed by atoms with van der Waals surface area (Å²) in [5.74, 6) is 0.483. The van der Waals surface area contributed by atoms with Gasteiger partial charge >= 0.3 is 5.97 Å². The molecule has 0 aliphatic rings. The van der Waals surface area contributed by atoms with Crippen molar-refractivity contribution >= 4 is 22.3 Å². The van der Waals surface area contributed by atoms with Gasteiger partial charge in [-0.3, -0.25) is 9.20 Å². The fraction of sp³-hybridized carbons (Fsp3) is 0.333. The van der Waals surface area contributed by atoms with Gasteiger partial charge in [-0.2, -0.15) is 0 Å². The highest BCUT2D eigenvalue weighted by atomic mass is 32.1. The Kier molecular flexibility index (Phi) is 4.57. The third kappa shape index (κ3) is 3.14. The predicted octanol–water partition coefficient (Wildman–Crippen LogP) is 4.21. The number of ether oxygens (including phenoxy) is 1. The smallest absolute Gasteiger partial charge is 0.308 e. The Morgan fingerprint density at radius 1 is 1.42 bits per heavy atom. The molecule has 0 spiro atoms. The van der Waals surface area contributed by atoms with Crippen LogP contribution in [0.1, 0.15) is 36.6 Å². The Labute approximate surface area is 144 Å². The second-order valence-corrected chi connectivity index (χ2v) is 6.94. The molecule has 0 aliphatic carbocycles. The number of rotatable bonds is 6. The summed E-state index contributed by atoms with van der Waals surface area (Å²) in [6.07, 6.45) is 4.85. The molecule has 0 aliphatic heterocycles. The minimum atomic E-state index is -0.826. The first-order valence-corrected chi connectivity index (χ1v) is 8.71. The molecule has 0 fully saturated rings. The van der Waals surface area contributed by atoms with Crippen molar-refractivity contribution in [2.45, 2.75) is 32.6 Å². The van der Waals surface area contributed by atoms with Gasteiger partial charge in [0.05, 0.1) is 19.2 Å². The SMILES string of the molecule is CCC(C)c1cc(-c2cn3cc(CC(=O)O)sc3n2)ccc1OC. The average Bonchev–Trinajstić information content (AvgIpc) is 3.11. The van der Waals surface area contributed by atoms with E-state index >= 15 is 0 Å². The second-order valence-electron chi connectivity index (χ2n) is 5.85. The van der Waals surface area contributed by atoms with E-state index in [9.17, 15) is 4.79 Å². The highest BCUT2D eigenvalue weighted by molar-refractivity contribution is 7.17. The van der Waals surface area contributed by atoms with Gasteiger partial charge in [-0.1, -0.05) is 13.8 Å². The molecule has 5 nitrogen and oxygen atoms in total. The molecule has 0 radical (unpaired) electrons. The number of nitrogens with zero attached hydrogens (tertiary/aromatic N) is 2. The second kappa shape index (κ2) is 6.65. The van der Waals surface area contributed by atoms with E-state index in [-0.39, 0.29) is 6.42 Å². The van der Waals surface area contributed by atoms with Gasteiger partial charge in [-0.25, -0.2) is 4.98 Å². The highest BCUT2D eigenvalue weighted by Gasteiger charge is 2.14. The van der Waals surface area contributed by atoms with Crippen molar-refractivity contribution in [3.05, 3.63) is 41.0 Å². The molecule has 0 bridgehead atoms. The average molecular weight is 344 g/mol. The van der Waals surface area contributed by atoms with Crippen LogP contribution in [-0.4, -0.2) is 27.6 Å². The van der Waals surface area contributed by atoms with Gasteiger partial charge in [-0.05, 0) is 36.1 Å². The molecule has 0 amide bonds. The zero-order valence-corrected chi connectivity index (χ0v) is 14.8. The van der Waals surface area contributed by atoms with Crippen LogP contribution < -0.4 is 4.74 Å². The number of hydrogen-bond donors (Lipinski definition) is 1. The lowest BCUT2D eigenvalue weighted by atomic mass is 9.95. The van der Waals surface area contributed by atoms with Crippen LogP contribution in [-0.2, 0) is 11.2 Å². The van der Waals surface area contributed by atoms with Crippen molar-refractivity contribution in [3.8, 4) is 17.0 Å². The number of imidazole rings is 1. The summed E-state index contributed by atoms with van der Waals surface area (Å²) in [6.45, 7) is 4.35. The van der Waals surface area contributed by atoms with E-state index in [4.69, 9.17) is 9.84 Å². The van der Waals surface area contributed by atoms with Gasteiger partial charge in [0.25, 0.3) is 0 Å². The quantitative estimate of drug-likeness (QED) is 0.727. The molecular weight excluding hydrogens is 324 g/mol. The number of aliphatic carboxylic acids is 1. The molecule has 3 aromatic rings. The molecule has 6 heteroatoms. The van der Waals surface area contributed by atoms with Crippen LogP contribution in [0.2, 0.25) is 0 Å². The number of carbonyl (C=O) groups is 1. The molecule has 1 unspecified atom stereocenters. The number of hydrogen-bond acceptors (Lipinski definition) is 4. The summed E-state index contributed by atoms with van der Waals surface area (Å²) >= 11 is 1.41. The van der Waals surface area contributed by atoms with E-state index < -0.39 is 5.97 Å². The van der Waals surface area contributed by atoms with E-state index in [0.717, 1.165) is 33.3 Å². The number of carboxylic acid groups (broad SMARTS) is 1. The molecule has 2 aromatic heterocycles. The summed E-state index contributed by atoms with van der Waals surface area (Å²) in [7, 11) is 1.69. The normalized spacial score (nSPS) is 12.5. The van der Waals surface area contributed by atoms with E-state index in [0.29, 0.717) is 5.92 Å². The molecule has 1 aromatic carbocycles. The number of fused-ring (bicyclic) bond motifs is 1. The maximum Gasteiger partial charge on any atom is 0.308 e. The summed E-state index contributed by atoms with van der Waals surface area (Å²) in [5, 5.41) is 8.88. The summed E-state index contributed by atoms with van der Waals surface area (Å²) in [4.78, 5) is 17.1. The number of benzene rings is 1. The number of carboxylic acids is 1. The molecule has 1 atom stereocenters. The third-order valence-corrected chi connectivity index (χ3v) is 5.19. The van der Waals surface area contributed by atoms with Crippen molar-refractivity contribution in [1.82, 2.24) is 9.38 Å².